The number of anilines is 1. The summed E-state index contributed by atoms with van der Waals surface area (Å²) < 4.78 is 13.3. The van der Waals surface area contributed by atoms with Gasteiger partial charge in [-0.2, -0.15) is 0 Å². The second-order valence-corrected chi connectivity index (χ2v) is 5.63. The van der Waals surface area contributed by atoms with Gasteiger partial charge in [0.1, 0.15) is 5.82 Å². The molecular weight excluding hydrogens is 269 g/mol. The Bertz CT molecular complexity index is 750. The summed E-state index contributed by atoms with van der Waals surface area (Å²) in [5.41, 5.74) is 7.73. The lowest BCUT2D eigenvalue weighted by Gasteiger charge is -2.08. The molecule has 100 valence electrons. The topological polar surface area (TPSA) is 26.0 Å². The van der Waals surface area contributed by atoms with Crippen molar-refractivity contribution in [2.24, 2.45) is 0 Å². The molecule has 0 amide bonds. The first-order valence-corrected chi connectivity index (χ1v) is 7.37. The Morgan fingerprint density at radius 3 is 2.65 bits per heavy atom. The number of hydrogen-bond donors (Lipinski definition) is 1. The molecule has 0 aromatic heterocycles. The SMILES string of the molecule is Nc1ccc(F)cc1SCc1cccc2ccccc12. The van der Waals surface area contributed by atoms with Gasteiger partial charge in [-0.15, -0.1) is 11.8 Å². The third-order valence-electron chi connectivity index (χ3n) is 3.24. The second kappa shape index (κ2) is 5.55. The summed E-state index contributed by atoms with van der Waals surface area (Å²) in [5.74, 6) is 0.522. The molecule has 3 aromatic carbocycles. The zero-order chi connectivity index (χ0) is 13.9. The number of halogens is 1. The fraction of sp³-hybridized carbons (Fsp3) is 0.0588. The molecular formula is C17H14FNS. The van der Waals surface area contributed by atoms with Gasteiger partial charge in [-0.25, -0.2) is 4.39 Å². The molecule has 0 radical (unpaired) electrons. The molecule has 20 heavy (non-hydrogen) atoms. The van der Waals surface area contributed by atoms with Crippen LogP contribution < -0.4 is 5.73 Å². The number of benzene rings is 3. The molecule has 0 spiro atoms. The Morgan fingerprint density at radius 2 is 1.75 bits per heavy atom. The predicted octanol–water partition coefficient (Wildman–Crippen LogP) is 4.85. The van der Waals surface area contributed by atoms with Crippen LogP contribution in [0.5, 0.6) is 0 Å². The van der Waals surface area contributed by atoms with Crippen molar-refractivity contribution in [3.8, 4) is 0 Å². The summed E-state index contributed by atoms with van der Waals surface area (Å²) in [6.45, 7) is 0. The van der Waals surface area contributed by atoms with E-state index in [4.69, 9.17) is 5.73 Å². The minimum absolute atomic E-state index is 0.250. The average molecular weight is 283 g/mol. The maximum atomic E-state index is 13.3. The fourth-order valence-electron chi connectivity index (χ4n) is 2.21. The van der Waals surface area contributed by atoms with Gasteiger partial charge in [0.2, 0.25) is 0 Å². The summed E-state index contributed by atoms with van der Waals surface area (Å²) >= 11 is 1.56. The van der Waals surface area contributed by atoms with Crippen molar-refractivity contribution in [1.82, 2.24) is 0 Å². The first-order valence-electron chi connectivity index (χ1n) is 6.38. The molecule has 3 rings (SSSR count). The van der Waals surface area contributed by atoms with E-state index in [-0.39, 0.29) is 5.82 Å². The van der Waals surface area contributed by atoms with Gasteiger partial charge in [-0.1, -0.05) is 42.5 Å². The van der Waals surface area contributed by atoms with E-state index in [0.29, 0.717) is 5.69 Å². The minimum atomic E-state index is -0.250. The molecule has 1 nitrogen and oxygen atoms in total. The maximum Gasteiger partial charge on any atom is 0.124 e. The Morgan fingerprint density at radius 1 is 0.950 bits per heavy atom. The molecule has 2 N–H and O–H groups in total. The van der Waals surface area contributed by atoms with Crippen LogP contribution in [-0.2, 0) is 5.75 Å². The Balaban J connectivity index is 1.89. The van der Waals surface area contributed by atoms with Crippen molar-refractivity contribution in [3.63, 3.8) is 0 Å². The van der Waals surface area contributed by atoms with Crippen LogP contribution in [0.3, 0.4) is 0 Å². The molecule has 0 saturated carbocycles. The van der Waals surface area contributed by atoms with Crippen LogP contribution >= 0.6 is 11.8 Å². The molecule has 0 unspecified atom stereocenters. The average Bonchev–Trinajstić information content (AvgIpc) is 2.48. The summed E-state index contributed by atoms with van der Waals surface area (Å²) in [6.07, 6.45) is 0. The molecule has 0 aliphatic carbocycles. The highest BCUT2D eigenvalue weighted by Gasteiger charge is 2.05. The highest BCUT2D eigenvalue weighted by atomic mass is 32.2. The van der Waals surface area contributed by atoms with E-state index in [2.05, 4.69) is 24.3 Å². The van der Waals surface area contributed by atoms with Crippen molar-refractivity contribution >= 4 is 28.2 Å². The number of nitrogens with two attached hydrogens (primary N) is 1. The molecule has 3 aromatic rings. The maximum absolute atomic E-state index is 13.3. The van der Waals surface area contributed by atoms with Crippen LogP contribution in [0.1, 0.15) is 5.56 Å². The number of fused-ring (bicyclic) bond motifs is 1. The van der Waals surface area contributed by atoms with Crippen LogP contribution in [0.2, 0.25) is 0 Å². The quantitative estimate of drug-likeness (QED) is 0.549. The third kappa shape index (κ3) is 2.63. The summed E-state index contributed by atoms with van der Waals surface area (Å²) in [5, 5.41) is 2.45. The van der Waals surface area contributed by atoms with Gasteiger partial charge in [0.15, 0.2) is 0 Å². The van der Waals surface area contributed by atoms with Crippen LogP contribution in [0.25, 0.3) is 10.8 Å². The second-order valence-electron chi connectivity index (χ2n) is 4.61. The van der Waals surface area contributed by atoms with Crippen molar-refractivity contribution in [2.75, 3.05) is 5.73 Å². The van der Waals surface area contributed by atoms with Crippen LogP contribution in [0.15, 0.2) is 65.6 Å². The van der Waals surface area contributed by atoms with E-state index in [0.717, 1.165) is 10.6 Å². The predicted molar refractivity (Wildman–Crippen MR) is 84.3 cm³/mol. The summed E-state index contributed by atoms with van der Waals surface area (Å²) in [4.78, 5) is 0.790. The molecule has 0 bridgehead atoms. The first kappa shape index (κ1) is 13.0. The summed E-state index contributed by atoms with van der Waals surface area (Å²) in [7, 11) is 0. The lowest BCUT2D eigenvalue weighted by atomic mass is 10.1. The standard InChI is InChI=1S/C17H14FNS/c18-14-8-9-16(19)17(10-14)20-11-13-6-3-5-12-4-1-2-7-15(12)13/h1-10H,11,19H2. The van der Waals surface area contributed by atoms with E-state index >= 15 is 0 Å². The van der Waals surface area contributed by atoms with Crippen LogP contribution in [0, 0.1) is 5.82 Å². The van der Waals surface area contributed by atoms with E-state index < -0.39 is 0 Å². The van der Waals surface area contributed by atoms with Gasteiger partial charge in [0, 0.05) is 16.3 Å². The Kier molecular flexibility index (Phi) is 3.61. The highest BCUT2D eigenvalue weighted by Crippen LogP contribution is 2.31. The normalized spacial score (nSPS) is 10.8. The lowest BCUT2D eigenvalue weighted by molar-refractivity contribution is 0.624. The molecule has 0 aliphatic rings. The van der Waals surface area contributed by atoms with Gasteiger partial charge in [0.25, 0.3) is 0 Å². The highest BCUT2D eigenvalue weighted by molar-refractivity contribution is 7.98. The molecule has 3 heteroatoms. The third-order valence-corrected chi connectivity index (χ3v) is 4.36. The molecule has 0 fully saturated rings. The van der Waals surface area contributed by atoms with Crippen molar-refractivity contribution in [3.05, 3.63) is 72.0 Å². The number of hydrogen-bond acceptors (Lipinski definition) is 2. The van der Waals surface area contributed by atoms with Crippen molar-refractivity contribution in [2.45, 2.75) is 10.6 Å². The van der Waals surface area contributed by atoms with Gasteiger partial charge < -0.3 is 5.73 Å². The number of thioether (sulfide) groups is 1. The van der Waals surface area contributed by atoms with E-state index in [1.807, 2.05) is 18.2 Å². The monoisotopic (exact) mass is 283 g/mol. The zero-order valence-corrected chi connectivity index (χ0v) is 11.7. The largest absolute Gasteiger partial charge is 0.398 e. The van der Waals surface area contributed by atoms with E-state index in [1.165, 1.54) is 28.5 Å². The Labute approximate surface area is 121 Å². The van der Waals surface area contributed by atoms with E-state index in [1.54, 1.807) is 17.8 Å². The molecule has 0 aliphatic heterocycles. The zero-order valence-electron chi connectivity index (χ0n) is 10.8. The Hall–Kier alpha value is -2.00. The fourth-order valence-corrected chi connectivity index (χ4v) is 3.20. The molecule has 0 atom stereocenters. The van der Waals surface area contributed by atoms with Gasteiger partial charge >= 0.3 is 0 Å². The smallest absolute Gasteiger partial charge is 0.124 e. The van der Waals surface area contributed by atoms with Crippen molar-refractivity contribution < 1.29 is 4.39 Å². The van der Waals surface area contributed by atoms with Gasteiger partial charge in [0.05, 0.1) is 0 Å². The van der Waals surface area contributed by atoms with Gasteiger partial charge in [-0.05, 0) is 34.5 Å². The number of nitrogen functional groups attached to an aromatic ring is 1. The van der Waals surface area contributed by atoms with Crippen LogP contribution in [0.4, 0.5) is 10.1 Å². The molecule has 0 saturated heterocycles. The van der Waals surface area contributed by atoms with Gasteiger partial charge in [-0.3, -0.25) is 0 Å². The van der Waals surface area contributed by atoms with Crippen LogP contribution in [-0.4, -0.2) is 0 Å². The minimum Gasteiger partial charge on any atom is -0.398 e. The summed E-state index contributed by atoms with van der Waals surface area (Å²) in [6, 6.07) is 19.0. The van der Waals surface area contributed by atoms with Crippen molar-refractivity contribution in [1.29, 1.82) is 0 Å². The lowest BCUT2D eigenvalue weighted by Crippen LogP contribution is -1.90. The van der Waals surface area contributed by atoms with E-state index in [9.17, 15) is 4.39 Å². The number of rotatable bonds is 3. The molecule has 0 heterocycles. The first-order chi connectivity index (χ1) is 9.74.